The van der Waals surface area contributed by atoms with Gasteiger partial charge in [0.1, 0.15) is 0 Å². The van der Waals surface area contributed by atoms with Gasteiger partial charge in [0.2, 0.25) is 0 Å². The third-order valence-corrected chi connectivity index (χ3v) is 3.57. The lowest BCUT2D eigenvalue weighted by Crippen LogP contribution is -2.30. The van der Waals surface area contributed by atoms with Crippen molar-refractivity contribution in [3.05, 3.63) is 0 Å². The third-order valence-electron chi connectivity index (χ3n) is 3.57. The summed E-state index contributed by atoms with van der Waals surface area (Å²) in [4.78, 5) is 2.48. The predicted molar refractivity (Wildman–Crippen MR) is 52.6 cm³/mol. The van der Waals surface area contributed by atoms with E-state index in [-0.39, 0.29) is 6.10 Å². The number of nitrogens with one attached hydrogen (secondary N) is 1. The summed E-state index contributed by atoms with van der Waals surface area (Å²) in [7, 11) is 1.99. The van der Waals surface area contributed by atoms with Gasteiger partial charge in [-0.1, -0.05) is 0 Å². The topological polar surface area (TPSA) is 35.5 Å². The van der Waals surface area contributed by atoms with Crippen LogP contribution in [0.4, 0.5) is 0 Å². The summed E-state index contributed by atoms with van der Waals surface area (Å²) in [5.74, 6) is 1.36. The number of rotatable bonds is 3. The first-order valence-corrected chi connectivity index (χ1v) is 5.36. The Morgan fingerprint density at radius 3 is 2.92 bits per heavy atom. The van der Waals surface area contributed by atoms with Crippen molar-refractivity contribution in [3.8, 4) is 0 Å². The molecule has 0 bridgehead atoms. The number of fused-ring (bicyclic) bond motifs is 1. The number of nitrogens with zero attached hydrogens (tertiary/aromatic N) is 1. The van der Waals surface area contributed by atoms with E-state index < -0.39 is 0 Å². The van der Waals surface area contributed by atoms with Crippen LogP contribution in [0.15, 0.2) is 0 Å². The Morgan fingerprint density at radius 1 is 1.38 bits per heavy atom. The first-order valence-electron chi connectivity index (χ1n) is 5.36. The second kappa shape index (κ2) is 3.95. The summed E-state index contributed by atoms with van der Waals surface area (Å²) >= 11 is 0. The highest BCUT2D eigenvalue weighted by Crippen LogP contribution is 2.37. The highest BCUT2D eigenvalue weighted by molar-refractivity contribution is 4.93. The van der Waals surface area contributed by atoms with Gasteiger partial charge in [0.15, 0.2) is 0 Å². The van der Waals surface area contributed by atoms with Crippen molar-refractivity contribution in [2.24, 2.45) is 11.8 Å². The minimum atomic E-state index is -0.00964. The molecule has 3 unspecified atom stereocenters. The first-order chi connectivity index (χ1) is 6.31. The molecular weight excluding hydrogens is 164 g/mol. The van der Waals surface area contributed by atoms with E-state index in [0.717, 1.165) is 32.0 Å². The van der Waals surface area contributed by atoms with Gasteiger partial charge in [0.05, 0.1) is 6.10 Å². The van der Waals surface area contributed by atoms with Crippen LogP contribution in [0, 0.1) is 11.8 Å². The lowest BCUT2D eigenvalue weighted by molar-refractivity contribution is 0.124. The summed E-state index contributed by atoms with van der Waals surface area (Å²) in [5, 5.41) is 12.9. The Morgan fingerprint density at radius 2 is 2.23 bits per heavy atom. The molecule has 3 heteroatoms. The van der Waals surface area contributed by atoms with E-state index in [1.54, 1.807) is 0 Å². The van der Waals surface area contributed by atoms with E-state index in [2.05, 4.69) is 10.2 Å². The standard InChI is InChI=1S/C10H20N2O/c1-11-4-5-12-6-8-2-3-10(13)9(8)7-12/h8-11,13H,2-7H2,1H3. The SMILES string of the molecule is CNCCN1CC2CCC(O)C2C1. The van der Waals surface area contributed by atoms with Crippen molar-refractivity contribution in [2.75, 3.05) is 33.2 Å². The molecule has 76 valence electrons. The fraction of sp³-hybridized carbons (Fsp3) is 1.00. The first kappa shape index (κ1) is 9.44. The Balaban J connectivity index is 1.81. The molecule has 0 amide bonds. The zero-order valence-corrected chi connectivity index (χ0v) is 8.37. The molecular formula is C10H20N2O. The number of aliphatic hydroxyl groups excluding tert-OH is 1. The molecule has 1 aliphatic heterocycles. The Hall–Kier alpha value is -0.120. The van der Waals surface area contributed by atoms with Crippen LogP contribution < -0.4 is 5.32 Å². The van der Waals surface area contributed by atoms with E-state index in [4.69, 9.17) is 0 Å². The van der Waals surface area contributed by atoms with Crippen molar-refractivity contribution in [3.63, 3.8) is 0 Å². The van der Waals surface area contributed by atoms with Crippen LogP contribution in [0.3, 0.4) is 0 Å². The van der Waals surface area contributed by atoms with Crippen LogP contribution in [-0.4, -0.2) is 49.3 Å². The molecule has 0 aromatic rings. The average molecular weight is 184 g/mol. The number of hydrogen-bond acceptors (Lipinski definition) is 3. The molecule has 0 radical (unpaired) electrons. The molecule has 1 aliphatic carbocycles. The molecule has 3 nitrogen and oxygen atoms in total. The van der Waals surface area contributed by atoms with Crippen LogP contribution in [0.5, 0.6) is 0 Å². The van der Waals surface area contributed by atoms with Gasteiger partial charge >= 0.3 is 0 Å². The van der Waals surface area contributed by atoms with Crippen LogP contribution in [0.2, 0.25) is 0 Å². The maximum atomic E-state index is 9.70. The van der Waals surface area contributed by atoms with E-state index >= 15 is 0 Å². The lowest BCUT2D eigenvalue weighted by Gasteiger charge is -2.17. The smallest absolute Gasteiger partial charge is 0.0583 e. The fourth-order valence-corrected chi connectivity index (χ4v) is 2.78. The molecule has 1 saturated heterocycles. The molecule has 2 fully saturated rings. The van der Waals surface area contributed by atoms with Crippen LogP contribution >= 0.6 is 0 Å². The number of hydrogen-bond donors (Lipinski definition) is 2. The largest absolute Gasteiger partial charge is 0.393 e. The van der Waals surface area contributed by atoms with Crippen molar-refractivity contribution in [2.45, 2.75) is 18.9 Å². The minimum absolute atomic E-state index is 0.00964. The summed E-state index contributed by atoms with van der Waals surface area (Å²) in [6.07, 6.45) is 2.27. The zero-order valence-electron chi connectivity index (χ0n) is 8.37. The van der Waals surface area contributed by atoms with Gasteiger partial charge in [-0.05, 0) is 25.8 Å². The second-order valence-electron chi connectivity index (χ2n) is 4.43. The predicted octanol–water partition coefficient (Wildman–Crippen LogP) is -0.0915. The highest BCUT2D eigenvalue weighted by atomic mass is 16.3. The highest BCUT2D eigenvalue weighted by Gasteiger charge is 2.41. The Bertz CT molecular complexity index is 174. The monoisotopic (exact) mass is 184 g/mol. The minimum Gasteiger partial charge on any atom is -0.393 e. The summed E-state index contributed by atoms with van der Waals surface area (Å²) in [6, 6.07) is 0. The Labute approximate surface area is 80.1 Å². The molecule has 0 spiro atoms. The number of likely N-dealkylation sites (tertiary alicyclic amines) is 1. The van der Waals surface area contributed by atoms with Gasteiger partial charge in [-0.2, -0.15) is 0 Å². The molecule has 1 saturated carbocycles. The van der Waals surface area contributed by atoms with E-state index in [1.807, 2.05) is 7.05 Å². The van der Waals surface area contributed by atoms with E-state index in [0.29, 0.717) is 5.92 Å². The van der Waals surface area contributed by atoms with Crippen LogP contribution in [0.25, 0.3) is 0 Å². The normalized spacial score (nSPS) is 39.7. The number of likely N-dealkylation sites (N-methyl/N-ethyl adjacent to an activating group) is 1. The Kier molecular flexibility index (Phi) is 2.86. The molecule has 13 heavy (non-hydrogen) atoms. The molecule has 0 aromatic carbocycles. The number of aliphatic hydroxyl groups is 1. The maximum absolute atomic E-state index is 9.70. The van der Waals surface area contributed by atoms with Gasteiger partial charge in [0.25, 0.3) is 0 Å². The molecule has 2 aliphatic rings. The van der Waals surface area contributed by atoms with Gasteiger partial charge in [-0.25, -0.2) is 0 Å². The second-order valence-corrected chi connectivity index (χ2v) is 4.43. The van der Waals surface area contributed by atoms with Crippen LogP contribution in [-0.2, 0) is 0 Å². The molecule has 0 aromatic heterocycles. The third kappa shape index (κ3) is 1.87. The zero-order chi connectivity index (χ0) is 9.26. The average Bonchev–Trinajstić information content (AvgIpc) is 2.65. The lowest BCUT2D eigenvalue weighted by atomic mass is 10.00. The van der Waals surface area contributed by atoms with E-state index in [1.165, 1.54) is 13.0 Å². The fourth-order valence-electron chi connectivity index (χ4n) is 2.78. The van der Waals surface area contributed by atoms with E-state index in [9.17, 15) is 5.11 Å². The summed E-state index contributed by atoms with van der Waals surface area (Å²) < 4.78 is 0. The van der Waals surface area contributed by atoms with Gasteiger partial charge < -0.3 is 15.3 Å². The van der Waals surface area contributed by atoms with Gasteiger partial charge in [-0.15, -0.1) is 0 Å². The van der Waals surface area contributed by atoms with Crippen molar-refractivity contribution >= 4 is 0 Å². The quantitative estimate of drug-likeness (QED) is 0.643. The summed E-state index contributed by atoms with van der Waals surface area (Å²) in [5.41, 5.74) is 0. The van der Waals surface area contributed by atoms with Gasteiger partial charge in [-0.3, -0.25) is 0 Å². The van der Waals surface area contributed by atoms with Gasteiger partial charge in [0, 0.05) is 32.1 Å². The maximum Gasteiger partial charge on any atom is 0.0583 e. The molecule has 2 N–H and O–H groups in total. The van der Waals surface area contributed by atoms with Crippen molar-refractivity contribution in [1.82, 2.24) is 10.2 Å². The van der Waals surface area contributed by atoms with Crippen LogP contribution in [0.1, 0.15) is 12.8 Å². The molecule has 1 heterocycles. The van der Waals surface area contributed by atoms with Crippen molar-refractivity contribution in [1.29, 1.82) is 0 Å². The van der Waals surface area contributed by atoms with Crippen molar-refractivity contribution < 1.29 is 5.11 Å². The molecule has 2 rings (SSSR count). The summed E-state index contributed by atoms with van der Waals surface area (Å²) in [6.45, 7) is 4.53. The molecule has 3 atom stereocenters.